The first-order chi connectivity index (χ1) is 6.23. The van der Waals surface area contributed by atoms with E-state index in [1.54, 1.807) is 0 Å². The Balaban J connectivity index is -0.000000563. The summed E-state index contributed by atoms with van der Waals surface area (Å²) in [5, 5.41) is 2.24. The van der Waals surface area contributed by atoms with Crippen molar-refractivity contribution in [1.82, 2.24) is 0 Å². The Morgan fingerprint density at radius 3 is 2.06 bits per heavy atom. The number of halogens is 3. The van der Waals surface area contributed by atoms with E-state index in [2.05, 4.69) is 50.1 Å². The van der Waals surface area contributed by atoms with Gasteiger partial charge in [-0.2, -0.15) is 0 Å². The first kappa shape index (κ1) is 21.1. The minimum atomic E-state index is 0. The van der Waals surface area contributed by atoms with E-state index in [0.29, 0.717) is 0 Å². The Labute approximate surface area is 117 Å². The maximum Gasteiger partial charge on any atom is 0.122 e. The Bertz CT molecular complexity index is 277. The molecule has 0 aliphatic carbocycles. The molecule has 94 valence electrons. The van der Waals surface area contributed by atoms with Crippen molar-refractivity contribution in [3.8, 4) is 0 Å². The highest BCUT2D eigenvalue weighted by Crippen LogP contribution is 2.19. The zero-order valence-electron chi connectivity index (χ0n) is 9.59. The average Bonchev–Trinajstić information content (AvgIpc) is 2.19. The van der Waals surface area contributed by atoms with Crippen LogP contribution in [-0.4, -0.2) is 7.05 Å². The molecule has 0 fully saturated rings. The van der Waals surface area contributed by atoms with Gasteiger partial charge in [0.2, 0.25) is 0 Å². The van der Waals surface area contributed by atoms with Crippen molar-refractivity contribution in [3.05, 3.63) is 48.6 Å². The maximum atomic E-state index is 3.80. The summed E-state index contributed by atoms with van der Waals surface area (Å²) < 4.78 is 0. The molecule has 2 N–H and O–H groups in total. The van der Waals surface area contributed by atoms with Gasteiger partial charge in [-0.3, -0.25) is 0 Å². The monoisotopic (exact) mass is 281 g/mol. The van der Waals surface area contributed by atoms with Crippen molar-refractivity contribution < 1.29 is 42.5 Å². The molecule has 1 aromatic carbocycles. The molecule has 1 nitrogen and oxygen atoms in total. The van der Waals surface area contributed by atoms with Crippen LogP contribution in [0.5, 0.6) is 0 Å². The summed E-state index contributed by atoms with van der Waals surface area (Å²) in [5.41, 5.74) is 1.50. The van der Waals surface area contributed by atoms with Crippen molar-refractivity contribution in [3.63, 3.8) is 0 Å². The predicted molar refractivity (Wildman–Crippen MR) is 56.5 cm³/mol. The van der Waals surface area contributed by atoms with Crippen molar-refractivity contribution >= 4 is 0 Å². The van der Waals surface area contributed by atoms with Gasteiger partial charge < -0.3 is 42.5 Å². The van der Waals surface area contributed by atoms with E-state index in [9.17, 15) is 0 Å². The smallest absolute Gasteiger partial charge is 0.122 e. The number of rotatable bonds is 4. The predicted octanol–water partition coefficient (Wildman–Crippen LogP) is -7.32. The molecule has 0 amide bonds. The molecule has 0 heterocycles. The van der Waals surface area contributed by atoms with Gasteiger partial charge in [0.1, 0.15) is 5.54 Å². The third-order valence-corrected chi connectivity index (χ3v) is 2.64. The van der Waals surface area contributed by atoms with E-state index in [1.807, 2.05) is 12.1 Å². The Kier molecular flexibility index (Phi) is 13.2. The highest BCUT2D eigenvalue weighted by atomic mass is 35.5. The lowest BCUT2D eigenvalue weighted by Gasteiger charge is -2.24. The van der Waals surface area contributed by atoms with Crippen LogP contribution in [-0.2, 0) is 5.54 Å². The maximum absolute atomic E-state index is 3.80. The van der Waals surface area contributed by atoms with Gasteiger partial charge in [0.05, 0.1) is 7.05 Å². The second-order valence-corrected chi connectivity index (χ2v) is 3.56. The molecule has 1 aromatic rings. The Morgan fingerprint density at radius 2 is 1.69 bits per heavy atom. The van der Waals surface area contributed by atoms with Crippen LogP contribution < -0.4 is 42.5 Å². The molecular formula is C12H18Cl3N-2. The van der Waals surface area contributed by atoms with Crippen molar-refractivity contribution in [2.24, 2.45) is 0 Å². The molecule has 0 aliphatic rings. The average molecular weight is 283 g/mol. The summed E-state index contributed by atoms with van der Waals surface area (Å²) in [5.74, 6) is 0. The van der Waals surface area contributed by atoms with Gasteiger partial charge in [-0.1, -0.05) is 36.4 Å². The minimum absolute atomic E-state index is 0. The quantitative estimate of drug-likeness (QED) is 0.529. The zero-order chi connectivity index (χ0) is 9.73. The third-order valence-electron chi connectivity index (χ3n) is 2.64. The van der Waals surface area contributed by atoms with Crippen LogP contribution in [0, 0.1) is 0 Å². The van der Waals surface area contributed by atoms with Gasteiger partial charge in [-0.25, -0.2) is 0 Å². The van der Waals surface area contributed by atoms with Gasteiger partial charge in [0.25, 0.3) is 0 Å². The van der Waals surface area contributed by atoms with Crippen LogP contribution in [0.4, 0.5) is 0 Å². The number of quaternary nitrogens is 1. The number of benzene rings is 1. The third kappa shape index (κ3) is 5.22. The molecule has 1 unspecified atom stereocenters. The first-order valence-electron chi connectivity index (χ1n) is 4.70. The summed E-state index contributed by atoms with van der Waals surface area (Å²) in [7, 11) is 2.11. The summed E-state index contributed by atoms with van der Waals surface area (Å²) in [6.07, 6.45) is 2.97. The number of nitrogens with two attached hydrogens (primary N) is 1. The second kappa shape index (κ2) is 9.98. The molecule has 0 aliphatic heterocycles. The lowest BCUT2D eigenvalue weighted by molar-refractivity contribution is -0.709. The lowest BCUT2D eigenvalue weighted by atomic mass is 9.89. The lowest BCUT2D eigenvalue weighted by Crippen LogP contribution is -3.00. The SMILES string of the molecule is C=CCC(C)([NH2+]C)c1ccccc1.[Cl-].[Cl-].[Cl-]. The number of hydrogen-bond donors (Lipinski definition) is 1. The fourth-order valence-corrected chi connectivity index (χ4v) is 1.52. The van der Waals surface area contributed by atoms with E-state index in [-0.39, 0.29) is 42.8 Å². The standard InChI is InChI=1S/C12H17N.3ClH/c1-4-10-12(2,13-3)11-8-6-5-7-9-11;;;/h4-9,13H,1,10H2,2-3H3;3*1H/p-2. The highest BCUT2D eigenvalue weighted by Gasteiger charge is 2.26. The normalized spacial score (nSPS) is 12.1. The van der Waals surface area contributed by atoms with Crippen LogP contribution in [0.25, 0.3) is 0 Å². The second-order valence-electron chi connectivity index (χ2n) is 3.56. The Hall–Kier alpha value is -0.210. The largest absolute Gasteiger partial charge is 1.00 e. The molecule has 16 heavy (non-hydrogen) atoms. The molecule has 0 bridgehead atoms. The topological polar surface area (TPSA) is 16.6 Å². The van der Waals surface area contributed by atoms with Crippen LogP contribution in [0.1, 0.15) is 18.9 Å². The van der Waals surface area contributed by atoms with E-state index in [0.717, 1.165) is 6.42 Å². The van der Waals surface area contributed by atoms with Gasteiger partial charge in [0, 0.05) is 12.0 Å². The molecule has 0 saturated carbocycles. The molecule has 1 rings (SSSR count). The van der Waals surface area contributed by atoms with Crippen molar-refractivity contribution in [1.29, 1.82) is 0 Å². The first-order valence-corrected chi connectivity index (χ1v) is 4.70. The van der Waals surface area contributed by atoms with E-state index in [4.69, 9.17) is 0 Å². The zero-order valence-corrected chi connectivity index (χ0v) is 11.9. The molecule has 0 saturated heterocycles. The van der Waals surface area contributed by atoms with Gasteiger partial charge in [-0.15, -0.1) is 6.58 Å². The van der Waals surface area contributed by atoms with Gasteiger partial charge in [-0.05, 0) is 6.92 Å². The fraction of sp³-hybridized carbons (Fsp3) is 0.333. The number of hydrogen-bond acceptors (Lipinski definition) is 0. The van der Waals surface area contributed by atoms with Gasteiger partial charge in [0.15, 0.2) is 0 Å². The Morgan fingerprint density at radius 1 is 1.19 bits per heavy atom. The van der Waals surface area contributed by atoms with Crippen LogP contribution in [0.15, 0.2) is 43.0 Å². The van der Waals surface area contributed by atoms with Crippen molar-refractivity contribution in [2.75, 3.05) is 7.05 Å². The fourth-order valence-electron chi connectivity index (χ4n) is 1.52. The minimum Gasteiger partial charge on any atom is -1.00 e. The van der Waals surface area contributed by atoms with Crippen LogP contribution in [0.3, 0.4) is 0 Å². The molecule has 0 radical (unpaired) electrons. The molecule has 0 aromatic heterocycles. The van der Waals surface area contributed by atoms with E-state index < -0.39 is 0 Å². The molecule has 4 heteroatoms. The van der Waals surface area contributed by atoms with Crippen LogP contribution >= 0.6 is 0 Å². The van der Waals surface area contributed by atoms with E-state index in [1.165, 1.54) is 5.56 Å². The molecular weight excluding hydrogens is 264 g/mol. The highest BCUT2D eigenvalue weighted by molar-refractivity contribution is 5.21. The van der Waals surface area contributed by atoms with Gasteiger partial charge >= 0.3 is 0 Å². The summed E-state index contributed by atoms with van der Waals surface area (Å²) in [6, 6.07) is 10.6. The van der Waals surface area contributed by atoms with Crippen LogP contribution in [0.2, 0.25) is 0 Å². The summed E-state index contributed by atoms with van der Waals surface area (Å²) in [4.78, 5) is 0. The summed E-state index contributed by atoms with van der Waals surface area (Å²) >= 11 is 0. The summed E-state index contributed by atoms with van der Waals surface area (Å²) in [6.45, 7) is 6.04. The van der Waals surface area contributed by atoms with E-state index >= 15 is 0 Å². The molecule has 1 atom stereocenters. The molecule has 0 spiro atoms. The van der Waals surface area contributed by atoms with Crippen molar-refractivity contribution in [2.45, 2.75) is 18.9 Å².